The van der Waals surface area contributed by atoms with Gasteiger partial charge in [0.05, 0.1) is 11.6 Å². The van der Waals surface area contributed by atoms with Crippen LogP contribution in [0.25, 0.3) is 0 Å². The van der Waals surface area contributed by atoms with E-state index >= 15 is 0 Å². The van der Waals surface area contributed by atoms with E-state index < -0.39 is 11.7 Å². The van der Waals surface area contributed by atoms with E-state index in [0.29, 0.717) is 30.5 Å². The van der Waals surface area contributed by atoms with Gasteiger partial charge in [-0.2, -0.15) is 18.2 Å². The van der Waals surface area contributed by atoms with E-state index in [-0.39, 0.29) is 6.04 Å². The second-order valence-electron chi connectivity index (χ2n) is 5.93. The number of halogens is 3. The first-order chi connectivity index (χ1) is 11.3. The molecule has 0 spiro atoms. The summed E-state index contributed by atoms with van der Waals surface area (Å²) in [7, 11) is 0. The summed E-state index contributed by atoms with van der Waals surface area (Å²) in [5.74, 6) is 1.17. The quantitative estimate of drug-likeness (QED) is 0.858. The average molecular weight is 340 g/mol. The van der Waals surface area contributed by atoms with E-state index in [1.54, 1.807) is 13.0 Å². The van der Waals surface area contributed by atoms with Crippen LogP contribution in [-0.4, -0.2) is 41.2 Å². The largest absolute Gasteiger partial charge is 0.416 e. The van der Waals surface area contributed by atoms with Crippen molar-refractivity contribution >= 4 is 5.69 Å². The molecule has 0 saturated carbocycles. The molecule has 1 atom stereocenters. The molecule has 1 aliphatic heterocycles. The lowest BCUT2D eigenvalue weighted by Gasteiger charge is -2.38. The smallest absolute Gasteiger partial charge is 0.369 e. The van der Waals surface area contributed by atoms with Crippen molar-refractivity contribution in [3.05, 3.63) is 41.5 Å². The van der Waals surface area contributed by atoms with Crippen LogP contribution in [-0.2, 0) is 6.18 Å². The minimum Gasteiger partial charge on any atom is -0.369 e. The van der Waals surface area contributed by atoms with Crippen molar-refractivity contribution < 1.29 is 17.7 Å². The van der Waals surface area contributed by atoms with Crippen molar-refractivity contribution in [1.29, 1.82) is 0 Å². The molecule has 3 rings (SSSR count). The van der Waals surface area contributed by atoms with Crippen molar-refractivity contribution in [3.8, 4) is 0 Å². The Morgan fingerprint density at radius 1 is 1.17 bits per heavy atom. The van der Waals surface area contributed by atoms with E-state index in [1.807, 2.05) is 11.8 Å². The Hall–Kier alpha value is -2.09. The Morgan fingerprint density at radius 3 is 2.46 bits per heavy atom. The lowest BCUT2D eigenvalue weighted by Crippen LogP contribution is -2.47. The zero-order valence-corrected chi connectivity index (χ0v) is 13.5. The standard InChI is InChI=1S/C16H19F3N4O/c1-11(15-20-12(2)21-24-15)22-6-8-23(9-7-22)14-5-3-4-13(10-14)16(17,18)19/h3-5,10-11H,6-9H2,1-2H3. The Balaban J connectivity index is 1.65. The van der Waals surface area contributed by atoms with Gasteiger partial charge in [-0.25, -0.2) is 0 Å². The summed E-state index contributed by atoms with van der Waals surface area (Å²) in [6, 6.07) is 5.47. The molecular formula is C16H19F3N4O. The van der Waals surface area contributed by atoms with Gasteiger partial charge in [-0.15, -0.1) is 0 Å². The zero-order chi connectivity index (χ0) is 17.3. The van der Waals surface area contributed by atoms with E-state index in [2.05, 4.69) is 15.0 Å². The number of rotatable bonds is 3. The normalized spacial score (nSPS) is 18.0. The summed E-state index contributed by atoms with van der Waals surface area (Å²) in [4.78, 5) is 8.40. The third-order valence-electron chi connectivity index (χ3n) is 4.30. The third-order valence-corrected chi connectivity index (χ3v) is 4.30. The van der Waals surface area contributed by atoms with E-state index in [9.17, 15) is 13.2 Å². The molecule has 1 aromatic heterocycles. The van der Waals surface area contributed by atoms with Crippen molar-refractivity contribution in [2.24, 2.45) is 0 Å². The Labute approximate surface area is 138 Å². The number of hydrogen-bond donors (Lipinski definition) is 0. The Bertz CT molecular complexity index is 693. The van der Waals surface area contributed by atoms with Gasteiger partial charge in [-0.1, -0.05) is 11.2 Å². The van der Waals surface area contributed by atoms with Gasteiger partial charge in [-0.05, 0) is 32.0 Å². The van der Waals surface area contributed by atoms with E-state index in [4.69, 9.17) is 4.52 Å². The molecule has 0 bridgehead atoms. The highest BCUT2D eigenvalue weighted by molar-refractivity contribution is 5.49. The molecule has 5 nitrogen and oxygen atoms in total. The van der Waals surface area contributed by atoms with E-state index in [0.717, 1.165) is 19.2 Å². The Kier molecular flexibility index (Phi) is 4.49. The van der Waals surface area contributed by atoms with Crippen LogP contribution in [0.2, 0.25) is 0 Å². The fraction of sp³-hybridized carbons (Fsp3) is 0.500. The molecule has 8 heteroatoms. The number of hydrogen-bond acceptors (Lipinski definition) is 5. The van der Waals surface area contributed by atoms with Crippen LogP contribution in [0.5, 0.6) is 0 Å². The zero-order valence-electron chi connectivity index (χ0n) is 13.5. The summed E-state index contributed by atoms with van der Waals surface area (Å²) in [5, 5.41) is 3.80. The Morgan fingerprint density at radius 2 is 1.88 bits per heavy atom. The maximum atomic E-state index is 12.8. The fourth-order valence-electron chi connectivity index (χ4n) is 2.89. The molecule has 0 aliphatic carbocycles. The number of alkyl halides is 3. The summed E-state index contributed by atoms with van der Waals surface area (Å²) < 4.78 is 43.7. The summed E-state index contributed by atoms with van der Waals surface area (Å²) in [5.41, 5.74) is -0.0112. The van der Waals surface area contributed by atoms with Gasteiger partial charge >= 0.3 is 6.18 Å². The number of aryl methyl sites for hydroxylation is 1. The fourth-order valence-corrected chi connectivity index (χ4v) is 2.89. The van der Waals surface area contributed by atoms with Gasteiger partial charge in [0.25, 0.3) is 0 Å². The van der Waals surface area contributed by atoms with Crippen LogP contribution < -0.4 is 4.90 Å². The summed E-state index contributed by atoms with van der Waals surface area (Å²) in [6.07, 6.45) is -4.32. The van der Waals surface area contributed by atoms with Crippen LogP contribution in [0.15, 0.2) is 28.8 Å². The SMILES string of the molecule is Cc1noc(C(C)N2CCN(c3cccc(C(F)(F)F)c3)CC2)n1. The molecule has 0 amide bonds. The first-order valence-electron chi connectivity index (χ1n) is 7.81. The molecule has 0 radical (unpaired) electrons. The minimum atomic E-state index is -4.32. The van der Waals surface area contributed by atoms with Crippen LogP contribution >= 0.6 is 0 Å². The predicted octanol–water partition coefficient (Wildman–Crippen LogP) is 3.28. The second-order valence-corrected chi connectivity index (χ2v) is 5.93. The number of nitrogens with zero attached hydrogens (tertiary/aromatic N) is 4. The summed E-state index contributed by atoms with van der Waals surface area (Å²) in [6.45, 7) is 6.51. The lowest BCUT2D eigenvalue weighted by atomic mass is 10.1. The predicted molar refractivity (Wildman–Crippen MR) is 82.7 cm³/mol. The molecule has 1 aromatic carbocycles. The molecule has 2 aromatic rings. The molecule has 1 aliphatic rings. The lowest BCUT2D eigenvalue weighted by molar-refractivity contribution is -0.137. The van der Waals surface area contributed by atoms with Gasteiger partial charge < -0.3 is 9.42 Å². The van der Waals surface area contributed by atoms with Gasteiger partial charge in [0.15, 0.2) is 5.82 Å². The van der Waals surface area contributed by atoms with Crippen LogP contribution in [0.1, 0.15) is 30.2 Å². The van der Waals surface area contributed by atoms with Crippen molar-refractivity contribution in [2.75, 3.05) is 31.1 Å². The maximum Gasteiger partial charge on any atom is 0.416 e. The van der Waals surface area contributed by atoms with Crippen molar-refractivity contribution in [1.82, 2.24) is 15.0 Å². The highest BCUT2D eigenvalue weighted by Gasteiger charge is 2.31. The van der Waals surface area contributed by atoms with Crippen LogP contribution in [0, 0.1) is 6.92 Å². The molecular weight excluding hydrogens is 321 g/mol. The topological polar surface area (TPSA) is 45.4 Å². The molecule has 2 heterocycles. The first-order valence-corrected chi connectivity index (χ1v) is 7.81. The molecule has 1 saturated heterocycles. The third kappa shape index (κ3) is 3.53. The first kappa shape index (κ1) is 16.8. The van der Waals surface area contributed by atoms with Crippen molar-refractivity contribution in [2.45, 2.75) is 26.1 Å². The minimum absolute atomic E-state index is 0.00476. The number of piperazine rings is 1. The molecule has 1 fully saturated rings. The highest BCUT2D eigenvalue weighted by atomic mass is 19.4. The number of aromatic nitrogens is 2. The van der Waals surface area contributed by atoms with Crippen molar-refractivity contribution in [3.63, 3.8) is 0 Å². The molecule has 130 valence electrons. The number of benzene rings is 1. The molecule has 1 unspecified atom stereocenters. The second kappa shape index (κ2) is 6.43. The van der Waals surface area contributed by atoms with Gasteiger partial charge in [0.2, 0.25) is 5.89 Å². The molecule has 24 heavy (non-hydrogen) atoms. The van der Waals surface area contributed by atoms with Crippen LogP contribution in [0.3, 0.4) is 0 Å². The van der Waals surface area contributed by atoms with E-state index in [1.165, 1.54) is 12.1 Å². The monoisotopic (exact) mass is 340 g/mol. The average Bonchev–Trinajstić information content (AvgIpc) is 3.00. The maximum absolute atomic E-state index is 12.8. The molecule has 0 N–H and O–H groups in total. The van der Waals surface area contributed by atoms with Gasteiger partial charge in [-0.3, -0.25) is 4.90 Å². The summed E-state index contributed by atoms with van der Waals surface area (Å²) >= 11 is 0. The number of anilines is 1. The van der Waals surface area contributed by atoms with Gasteiger partial charge in [0.1, 0.15) is 0 Å². The highest BCUT2D eigenvalue weighted by Crippen LogP contribution is 2.32. The van der Waals surface area contributed by atoms with Crippen LogP contribution in [0.4, 0.5) is 18.9 Å². The van der Waals surface area contributed by atoms with Gasteiger partial charge in [0, 0.05) is 31.9 Å².